The Morgan fingerprint density at radius 3 is 2.47 bits per heavy atom. The molecule has 1 aliphatic rings. The number of nitrogens with one attached hydrogen (secondary N) is 1. The fraction of sp³-hybridized carbons (Fsp3) is 0.500. The van der Waals surface area contributed by atoms with E-state index in [1.165, 1.54) is 39.0 Å². The number of carbonyl (C=O) groups excluding carboxylic acids is 1. The van der Waals surface area contributed by atoms with E-state index in [0.29, 0.717) is 24.3 Å². The molecular weight excluding hydrogens is 470 g/mol. The van der Waals surface area contributed by atoms with Crippen LogP contribution in [0.3, 0.4) is 0 Å². The van der Waals surface area contributed by atoms with Crippen molar-refractivity contribution in [1.82, 2.24) is 24.4 Å². The van der Waals surface area contributed by atoms with Gasteiger partial charge < -0.3 is 14.8 Å². The molecule has 0 unspecified atom stereocenters. The minimum absolute atomic E-state index is 0.239. The number of aromatic amines is 1. The van der Waals surface area contributed by atoms with Crippen LogP contribution in [0.2, 0.25) is 0 Å². The average molecular weight is 514 g/mol. The monoisotopic (exact) mass is 513 g/mol. The van der Waals surface area contributed by atoms with Gasteiger partial charge in [-0.25, -0.2) is 4.52 Å². The summed E-state index contributed by atoms with van der Waals surface area (Å²) in [7, 11) is 3.91. The zero-order valence-electron chi connectivity index (χ0n) is 24.1. The van der Waals surface area contributed by atoms with Crippen LogP contribution in [0.25, 0.3) is 27.7 Å². The number of piperidine rings is 1. The van der Waals surface area contributed by atoms with Crippen LogP contribution >= 0.6 is 0 Å². The van der Waals surface area contributed by atoms with Gasteiger partial charge in [-0.3, -0.25) is 4.79 Å². The highest BCUT2D eigenvalue weighted by molar-refractivity contribution is 5.92. The van der Waals surface area contributed by atoms with Gasteiger partial charge in [0.25, 0.3) is 0 Å². The SMILES string of the molecule is Cc1cc2cc(-c3[nH]c4ccc(C5CCN(C(=O)CN(C)C)CC5)cc4c3C(C)C)cc(CC(C)C)n2n1. The average Bonchev–Trinajstić information content (AvgIpc) is 3.43. The molecular formula is C32H43N5O. The lowest BCUT2D eigenvalue weighted by Gasteiger charge is -2.33. The van der Waals surface area contributed by atoms with Gasteiger partial charge in [-0.1, -0.05) is 33.8 Å². The van der Waals surface area contributed by atoms with E-state index in [4.69, 9.17) is 5.10 Å². The number of likely N-dealkylation sites (tertiary alicyclic amines) is 1. The number of hydrogen-bond acceptors (Lipinski definition) is 3. The molecule has 3 aromatic heterocycles. The first kappa shape index (κ1) is 26.5. The maximum absolute atomic E-state index is 12.5. The lowest BCUT2D eigenvalue weighted by atomic mass is 9.87. The number of likely N-dealkylation sites (N-methyl/N-ethyl adjacent to an activating group) is 1. The quantitative estimate of drug-likeness (QED) is 0.312. The molecule has 0 aliphatic carbocycles. The van der Waals surface area contributed by atoms with E-state index in [0.717, 1.165) is 43.6 Å². The van der Waals surface area contributed by atoms with Gasteiger partial charge in [0.05, 0.1) is 23.4 Å². The predicted molar refractivity (Wildman–Crippen MR) is 157 cm³/mol. The lowest BCUT2D eigenvalue weighted by molar-refractivity contribution is -0.132. The molecule has 4 aromatic rings. The largest absolute Gasteiger partial charge is 0.354 e. The van der Waals surface area contributed by atoms with Gasteiger partial charge in [0.15, 0.2) is 0 Å². The molecule has 1 fully saturated rings. The maximum atomic E-state index is 12.5. The molecule has 6 nitrogen and oxygen atoms in total. The molecule has 0 radical (unpaired) electrons. The number of rotatable bonds is 7. The second-order valence-electron chi connectivity index (χ2n) is 12.2. The summed E-state index contributed by atoms with van der Waals surface area (Å²) in [5.74, 6) is 1.67. The number of nitrogens with zero attached hydrogens (tertiary/aromatic N) is 4. The highest BCUT2D eigenvalue weighted by atomic mass is 16.2. The molecule has 38 heavy (non-hydrogen) atoms. The van der Waals surface area contributed by atoms with Gasteiger partial charge in [-0.05, 0) is 99.5 Å². The number of hydrogen-bond donors (Lipinski definition) is 1. The van der Waals surface area contributed by atoms with Crippen LogP contribution < -0.4 is 0 Å². The number of carbonyl (C=O) groups is 1. The summed E-state index contributed by atoms with van der Waals surface area (Å²) in [5, 5.41) is 6.10. The van der Waals surface area contributed by atoms with Crippen LogP contribution in [-0.2, 0) is 11.2 Å². The molecule has 0 spiro atoms. The van der Waals surface area contributed by atoms with E-state index in [1.807, 2.05) is 23.9 Å². The van der Waals surface area contributed by atoms with Crippen molar-refractivity contribution in [3.63, 3.8) is 0 Å². The lowest BCUT2D eigenvalue weighted by Crippen LogP contribution is -2.42. The highest BCUT2D eigenvalue weighted by Crippen LogP contribution is 2.39. The Morgan fingerprint density at radius 2 is 1.82 bits per heavy atom. The molecule has 1 aliphatic heterocycles. The van der Waals surface area contributed by atoms with Gasteiger partial charge in [0.2, 0.25) is 5.91 Å². The van der Waals surface area contributed by atoms with Crippen molar-refractivity contribution in [1.29, 1.82) is 0 Å². The molecule has 1 N–H and O–H groups in total. The summed E-state index contributed by atoms with van der Waals surface area (Å²) in [6, 6.07) is 13.8. The first-order chi connectivity index (χ1) is 18.1. The van der Waals surface area contributed by atoms with Crippen LogP contribution in [0.5, 0.6) is 0 Å². The minimum atomic E-state index is 0.239. The Labute approximate surface area is 227 Å². The number of H-pyrrole nitrogens is 1. The summed E-state index contributed by atoms with van der Waals surface area (Å²) in [6.45, 7) is 13.4. The third-order valence-corrected chi connectivity index (χ3v) is 7.87. The minimum Gasteiger partial charge on any atom is -0.354 e. The molecule has 202 valence electrons. The molecule has 0 bridgehead atoms. The molecule has 1 saturated heterocycles. The van der Waals surface area contributed by atoms with Crippen molar-refractivity contribution >= 4 is 22.3 Å². The maximum Gasteiger partial charge on any atom is 0.236 e. The normalized spacial score (nSPS) is 15.2. The zero-order valence-corrected chi connectivity index (χ0v) is 24.1. The molecule has 5 rings (SSSR count). The number of fused-ring (bicyclic) bond motifs is 2. The second-order valence-corrected chi connectivity index (χ2v) is 12.2. The highest BCUT2D eigenvalue weighted by Gasteiger charge is 2.25. The third-order valence-electron chi connectivity index (χ3n) is 7.87. The number of amides is 1. The Kier molecular flexibility index (Phi) is 7.36. The van der Waals surface area contributed by atoms with Crippen LogP contribution in [0, 0.1) is 12.8 Å². The van der Waals surface area contributed by atoms with Gasteiger partial charge >= 0.3 is 0 Å². The molecule has 0 atom stereocenters. The van der Waals surface area contributed by atoms with E-state index < -0.39 is 0 Å². The third kappa shape index (κ3) is 5.24. The number of aryl methyl sites for hydroxylation is 1. The molecule has 6 heteroatoms. The van der Waals surface area contributed by atoms with Gasteiger partial charge in [0.1, 0.15) is 0 Å². The molecule has 4 heterocycles. The first-order valence-electron chi connectivity index (χ1n) is 14.2. The fourth-order valence-electron chi connectivity index (χ4n) is 6.15. The van der Waals surface area contributed by atoms with Crippen LogP contribution in [-0.4, -0.2) is 64.0 Å². The summed E-state index contributed by atoms with van der Waals surface area (Å²) in [5.41, 5.74) is 9.90. The van der Waals surface area contributed by atoms with E-state index >= 15 is 0 Å². The molecule has 1 amide bonds. The van der Waals surface area contributed by atoms with Gasteiger partial charge in [-0.2, -0.15) is 5.10 Å². The van der Waals surface area contributed by atoms with Crippen LogP contribution in [0.1, 0.15) is 74.9 Å². The summed E-state index contributed by atoms with van der Waals surface area (Å²) < 4.78 is 2.12. The van der Waals surface area contributed by atoms with Gasteiger partial charge in [0, 0.05) is 35.2 Å². The summed E-state index contributed by atoms with van der Waals surface area (Å²) in [4.78, 5) is 20.3. The summed E-state index contributed by atoms with van der Waals surface area (Å²) in [6.07, 6.45) is 3.03. The van der Waals surface area contributed by atoms with Crippen molar-refractivity contribution < 1.29 is 4.79 Å². The van der Waals surface area contributed by atoms with Crippen molar-refractivity contribution in [2.45, 2.75) is 65.7 Å². The number of pyridine rings is 1. The van der Waals surface area contributed by atoms with E-state index in [9.17, 15) is 4.79 Å². The van der Waals surface area contributed by atoms with Crippen LogP contribution in [0.15, 0.2) is 36.4 Å². The van der Waals surface area contributed by atoms with Gasteiger partial charge in [-0.15, -0.1) is 0 Å². The Morgan fingerprint density at radius 1 is 1.08 bits per heavy atom. The predicted octanol–water partition coefficient (Wildman–Crippen LogP) is 6.38. The number of benzene rings is 1. The van der Waals surface area contributed by atoms with Crippen LogP contribution in [0.4, 0.5) is 0 Å². The van der Waals surface area contributed by atoms with Crippen molar-refractivity contribution in [2.75, 3.05) is 33.7 Å². The topological polar surface area (TPSA) is 56.6 Å². The fourth-order valence-corrected chi connectivity index (χ4v) is 6.15. The zero-order chi connectivity index (χ0) is 27.1. The Bertz CT molecular complexity index is 1450. The molecule has 0 saturated carbocycles. The van der Waals surface area contributed by atoms with Crippen molar-refractivity contribution in [3.8, 4) is 11.3 Å². The number of aromatic nitrogens is 3. The van der Waals surface area contributed by atoms with Crippen molar-refractivity contribution in [2.24, 2.45) is 5.92 Å². The van der Waals surface area contributed by atoms with Crippen molar-refractivity contribution in [3.05, 3.63) is 58.9 Å². The summed E-state index contributed by atoms with van der Waals surface area (Å²) >= 11 is 0. The van der Waals surface area contributed by atoms with E-state index in [-0.39, 0.29) is 5.91 Å². The Hall–Kier alpha value is -3.12. The second kappa shape index (κ2) is 10.6. The first-order valence-corrected chi connectivity index (χ1v) is 14.2. The van der Waals surface area contributed by atoms with E-state index in [2.05, 4.69) is 80.5 Å². The van der Waals surface area contributed by atoms with E-state index in [1.54, 1.807) is 0 Å². The molecule has 1 aromatic carbocycles. The standard InChI is InChI=1S/C32H43N5O/c1-20(2)14-26-16-25(17-27-15-22(5)34-37(26)27)32-31(21(3)4)28-18-24(8-9-29(28)33-32)23-10-12-36(13-11-23)30(38)19-35(6)7/h8-9,15-18,20-21,23,33H,10-14,19H2,1-7H3. The Balaban J connectivity index is 1.50. The smallest absolute Gasteiger partial charge is 0.236 e.